The molecule has 2 rings (SSSR count). The van der Waals surface area contributed by atoms with Crippen LogP contribution in [0.1, 0.15) is 13.3 Å². The zero-order valence-corrected chi connectivity index (χ0v) is 8.45. The maximum absolute atomic E-state index is 11.7. The van der Waals surface area contributed by atoms with Crippen molar-refractivity contribution in [1.82, 2.24) is 9.80 Å². The maximum atomic E-state index is 11.7. The van der Waals surface area contributed by atoms with Gasteiger partial charge >= 0.3 is 6.09 Å². The smallest absolute Gasteiger partial charge is 0.410 e. The predicted molar refractivity (Wildman–Crippen MR) is 48.7 cm³/mol. The second-order valence-electron chi connectivity index (χ2n) is 3.79. The molecule has 2 aliphatic rings. The molecule has 2 fully saturated rings. The zero-order valence-electron chi connectivity index (χ0n) is 8.45. The molecule has 2 amide bonds. The number of likely N-dealkylation sites (tertiary alicyclic amines) is 1. The van der Waals surface area contributed by atoms with E-state index in [1.165, 1.54) is 4.90 Å². The first-order chi connectivity index (χ1) is 6.62. The van der Waals surface area contributed by atoms with Crippen LogP contribution in [0.5, 0.6) is 0 Å². The number of hydrogen-bond donors (Lipinski definition) is 0. The molecule has 0 aliphatic carbocycles. The Morgan fingerprint density at radius 1 is 1.64 bits per heavy atom. The van der Waals surface area contributed by atoms with Gasteiger partial charge in [-0.15, -0.1) is 0 Å². The Morgan fingerprint density at radius 3 is 2.86 bits per heavy atom. The minimum absolute atomic E-state index is 0.0468. The molecule has 0 aromatic heterocycles. The Bertz CT molecular complexity index is 292. The number of nitrogens with zero attached hydrogens (tertiary/aromatic N) is 2. The fraction of sp³-hybridized carbons (Fsp3) is 0.778. The molecule has 2 heterocycles. The highest BCUT2D eigenvalue weighted by Gasteiger charge is 2.65. The van der Waals surface area contributed by atoms with Crippen molar-refractivity contribution in [2.75, 3.05) is 26.7 Å². The molecule has 0 aromatic rings. The number of likely N-dealkylation sites (N-methyl/N-ethyl adjacent to an activating group) is 1. The summed E-state index contributed by atoms with van der Waals surface area (Å²) in [6.45, 7) is 3.37. The van der Waals surface area contributed by atoms with Gasteiger partial charge in [-0.2, -0.15) is 0 Å². The monoisotopic (exact) mass is 198 g/mol. The lowest BCUT2D eigenvalue weighted by Crippen LogP contribution is -2.33. The molecule has 0 radical (unpaired) electrons. The standard InChI is InChI=1S/C9H14N2O3/c1-3-14-8(13)11-6-9(11)4-5-10(2)7(9)12/h3-6H2,1-2H3. The lowest BCUT2D eigenvalue weighted by Gasteiger charge is -2.10. The fourth-order valence-corrected chi connectivity index (χ4v) is 1.98. The summed E-state index contributed by atoms with van der Waals surface area (Å²) in [6, 6.07) is 0. The first kappa shape index (κ1) is 9.30. The van der Waals surface area contributed by atoms with Crippen LogP contribution in [-0.4, -0.2) is 54.1 Å². The molecule has 0 N–H and O–H groups in total. The second kappa shape index (κ2) is 2.87. The third-order valence-electron chi connectivity index (χ3n) is 2.93. The van der Waals surface area contributed by atoms with Crippen LogP contribution in [0.3, 0.4) is 0 Å². The highest BCUT2D eigenvalue weighted by molar-refractivity contribution is 5.96. The van der Waals surface area contributed by atoms with Gasteiger partial charge in [0, 0.05) is 13.6 Å². The molecule has 14 heavy (non-hydrogen) atoms. The number of carbonyl (C=O) groups is 2. The van der Waals surface area contributed by atoms with E-state index < -0.39 is 5.54 Å². The van der Waals surface area contributed by atoms with E-state index in [2.05, 4.69) is 0 Å². The van der Waals surface area contributed by atoms with Gasteiger partial charge < -0.3 is 9.64 Å². The molecule has 1 unspecified atom stereocenters. The Hall–Kier alpha value is -1.26. The highest BCUT2D eigenvalue weighted by atomic mass is 16.6. The number of ether oxygens (including phenoxy) is 1. The van der Waals surface area contributed by atoms with E-state index in [1.807, 2.05) is 0 Å². The predicted octanol–water partition coefficient (Wildman–Crippen LogP) is 0.0594. The summed E-state index contributed by atoms with van der Waals surface area (Å²) in [4.78, 5) is 26.2. The summed E-state index contributed by atoms with van der Waals surface area (Å²) in [6.07, 6.45) is 0.373. The van der Waals surface area contributed by atoms with Crippen molar-refractivity contribution in [3.63, 3.8) is 0 Å². The van der Waals surface area contributed by atoms with Crippen molar-refractivity contribution < 1.29 is 14.3 Å². The van der Waals surface area contributed by atoms with Crippen LogP contribution in [0.2, 0.25) is 0 Å². The van der Waals surface area contributed by atoms with Crippen LogP contribution < -0.4 is 0 Å². The molecule has 2 aliphatic heterocycles. The largest absolute Gasteiger partial charge is 0.450 e. The molecule has 78 valence electrons. The van der Waals surface area contributed by atoms with Crippen molar-refractivity contribution in [1.29, 1.82) is 0 Å². The van der Waals surface area contributed by atoms with Gasteiger partial charge in [0.25, 0.3) is 0 Å². The van der Waals surface area contributed by atoms with Crippen molar-refractivity contribution in [2.45, 2.75) is 18.9 Å². The number of carbonyl (C=O) groups excluding carboxylic acids is 2. The Morgan fingerprint density at radius 2 is 2.36 bits per heavy atom. The minimum atomic E-state index is -0.541. The zero-order chi connectivity index (χ0) is 10.3. The average molecular weight is 198 g/mol. The van der Waals surface area contributed by atoms with Gasteiger partial charge in [-0.05, 0) is 13.3 Å². The van der Waals surface area contributed by atoms with Crippen molar-refractivity contribution in [3.8, 4) is 0 Å². The van der Waals surface area contributed by atoms with Crippen LogP contribution >= 0.6 is 0 Å². The summed E-state index contributed by atoms with van der Waals surface area (Å²) in [5, 5.41) is 0. The first-order valence-corrected chi connectivity index (χ1v) is 4.82. The van der Waals surface area contributed by atoms with E-state index in [9.17, 15) is 9.59 Å². The van der Waals surface area contributed by atoms with E-state index >= 15 is 0 Å². The molecular weight excluding hydrogens is 184 g/mol. The molecule has 2 saturated heterocycles. The minimum Gasteiger partial charge on any atom is -0.450 e. The molecule has 0 aromatic carbocycles. The van der Waals surface area contributed by atoms with E-state index in [4.69, 9.17) is 4.74 Å². The quantitative estimate of drug-likeness (QED) is 0.560. The maximum Gasteiger partial charge on any atom is 0.410 e. The van der Waals surface area contributed by atoms with Crippen LogP contribution in [0.4, 0.5) is 4.79 Å². The first-order valence-electron chi connectivity index (χ1n) is 4.82. The van der Waals surface area contributed by atoms with Crippen LogP contribution in [0.25, 0.3) is 0 Å². The van der Waals surface area contributed by atoms with Gasteiger partial charge in [0.2, 0.25) is 5.91 Å². The summed E-state index contributed by atoms with van der Waals surface area (Å²) >= 11 is 0. The van der Waals surface area contributed by atoms with Crippen molar-refractivity contribution in [2.24, 2.45) is 0 Å². The molecule has 0 bridgehead atoms. The Labute approximate surface area is 82.6 Å². The summed E-state index contributed by atoms with van der Waals surface area (Å²) < 4.78 is 4.85. The third-order valence-corrected chi connectivity index (χ3v) is 2.93. The number of rotatable bonds is 1. The molecular formula is C9H14N2O3. The van der Waals surface area contributed by atoms with Crippen LogP contribution in [0, 0.1) is 0 Å². The second-order valence-corrected chi connectivity index (χ2v) is 3.79. The topological polar surface area (TPSA) is 49.6 Å². The number of amides is 2. The molecule has 0 saturated carbocycles. The highest BCUT2D eigenvalue weighted by Crippen LogP contribution is 2.41. The molecule has 5 heteroatoms. The van der Waals surface area contributed by atoms with Gasteiger partial charge in [-0.3, -0.25) is 9.69 Å². The molecule has 1 atom stereocenters. The van der Waals surface area contributed by atoms with E-state index in [1.54, 1.807) is 18.9 Å². The van der Waals surface area contributed by atoms with Gasteiger partial charge in [0.1, 0.15) is 5.54 Å². The molecule has 5 nitrogen and oxygen atoms in total. The normalized spacial score (nSPS) is 30.0. The van der Waals surface area contributed by atoms with E-state index in [-0.39, 0.29) is 12.0 Å². The van der Waals surface area contributed by atoms with Gasteiger partial charge in [0.05, 0.1) is 13.2 Å². The average Bonchev–Trinajstić information content (AvgIpc) is 2.83. The summed E-state index contributed by atoms with van der Waals surface area (Å²) in [5.41, 5.74) is -0.541. The van der Waals surface area contributed by atoms with E-state index in [0.717, 1.165) is 13.0 Å². The molecule has 1 spiro atoms. The Balaban J connectivity index is 2.03. The van der Waals surface area contributed by atoms with Crippen molar-refractivity contribution >= 4 is 12.0 Å². The summed E-state index contributed by atoms with van der Waals surface area (Å²) in [5.74, 6) is 0.0468. The fourth-order valence-electron chi connectivity index (χ4n) is 1.98. The summed E-state index contributed by atoms with van der Waals surface area (Å²) in [7, 11) is 1.76. The van der Waals surface area contributed by atoms with Gasteiger partial charge in [-0.25, -0.2) is 4.79 Å². The lowest BCUT2D eigenvalue weighted by molar-refractivity contribution is -0.129. The van der Waals surface area contributed by atoms with Crippen LogP contribution in [-0.2, 0) is 9.53 Å². The number of hydrogen-bond acceptors (Lipinski definition) is 3. The van der Waals surface area contributed by atoms with Gasteiger partial charge in [-0.1, -0.05) is 0 Å². The van der Waals surface area contributed by atoms with Crippen molar-refractivity contribution in [3.05, 3.63) is 0 Å². The van der Waals surface area contributed by atoms with Crippen LogP contribution in [0.15, 0.2) is 0 Å². The van der Waals surface area contributed by atoms with E-state index in [0.29, 0.717) is 13.2 Å². The SMILES string of the molecule is CCOC(=O)N1CC12CCN(C)C2=O. The third kappa shape index (κ3) is 1.08. The Kier molecular flexibility index (Phi) is 1.90. The van der Waals surface area contributed by atoms with Gasteiger partial charge in [0.15, 0.2) is 0 Å². The lowest BCUT2D eigenvalue weighted by atomic mass is 10.1.